The Kier molecular flexibility index (Phi) is 32.9. The Labute approximate surface area is 678 Å². The molecular formula is C89H97Cl4N11O8. The lowest BCUT2D eigenvalue weighted by molar-refractivity contribution is 0.0888. The van der Waals surface area contributed by atoms with Crippen LogP contribution in [0.5, 0.6) is 23.0 Å². The van der Waals surface area contributed by atoms with Crippen molar-refractivity contribution in [3.05, 3.63) is 216 Å². The van der Waals surface area contributed by atoms with E-state index in [1.54, 1.807) is 104 Å². The maximum Gasteiger partial charge on any atom is 0.200 e. The molecule has 0 saturated heterocycles. The van der Waals surface area contributed by atoms with E-state index >= 15 is 0 Å². The number of carbonyl (C=O) groups is 4. The van der Waals surface area contributed by atoms with Crippen molar-refractivity contribution in [2.45, 2.75) is 232 Å². The topological polar surface area (TPSA) is 291 Å². The smallest absolute Gasteiger partial charge is 0.200 e. The number of Topliss-reactive ketones (excluding diaryl/α,β-unsaturated/α-hetero) is 4. The third kappa shape index (κ3) is 26.2. The summed E-state index contributed by atoms with van der Waals surface area (Å²) >= 11 is 24.3. The molecule has 0 radical (unpaired) electrons. The van der Waals surface area contributed by atoms with E-state index in [2.05, 4.69) is 90.5 Å². The van der Waals surface area contributed by atoms with Crippen LogP contribution in [0.3, 0.4) is 0 Å². The van der Waals surface area contributed by atoms with Gasteiger partial charge >= 0.3 is 0 Å². The zero-order valence-electron chi connectivity index (χ0n) is 64.9. The van der Waals surface area contributed by atoms with Crippen LogP contribution in [0.1, 0.15) is 294 Å². The second kappa shape index (κ2) is 42.8. The minimum absolute atomic E-state index is 0.0125. The normalized spacial score (nSPS) is 19.2. The number of benzene rings is 4. The number of aromatic nitrogens is 7. The van der Waals surface area contributed by atoms with E-state index in [-0.39, 0.29) is 47.5 Å². The van der Waals surface area contributed by atoms with Crippen LogP contribution in [0.25, 0.3) is 0 Å². The molecule has 4 heterocycles. The second-order valence-corrected chi connectivity index (χ2v) is 32.3. The number of carbonyl (C=O) groups excluding carboxylic acids is 4. The molecule has 4 saturated carbocycles. The number of hydrogen-bond acceptors (Lipinski definition) is 19. The zero-order valence-corrected chi connectivity index (χ0v) is 67.9. The highest BCUT2D eigenvalue weighted by molar-refractivity contribution is 6.33. The van der Waals surface area contributed by atoms with E-state index in [0.717, 1.165) is 125 Å². The largest absolute Gasteiger partial charge is 0.490 e. The van der Waals surface area contributed by atoms with Crippen LogP contribution in [0.4, 0.5) is 0 Å². The van der Waals surface area contributed by atoms with Crippen molar-refractivity contribution in [1.29, 1.82) is 21.0 Å². The summed E-state index contributed by atoms with van der Waals surface area (Å²) in [6.07, 6.45) is 25.9. The lowest BCUT2D eigenvalue weighted by Crippen LogP contribution is -2.25. The fourth-order valence-electron chi connectivity index (χ4n) is 13.9. The summed E-state index contributed by atoms with van der Waals surface area (Å²) in [5.41, 5.74) is 7.25. The standard InChI is InChI=1S/C23H25ClN2O2.3C22H24ClN3O2/c1-15(2)18-6-10-22(26-14-18)23(27)11-16-3-7-19(8-4-16)28-20-9-5-17(13-25)21(24)12-20;1-14(2)17-12-25-22(26-13-17)21(27)9-15-3-6-18(7-4-15)28-19-8-5-16(11-24)20(23)10-19;1-14(2)20-12-26-21(13-25-20)22(27)9-15-3-6-17(7-4-15)28-18-8-5-16(11-24)19(23)10-18;1-14(2)20-9-10-21(26-25-20)22(27)11-15-3-6-17(7-4-15)28-18-8-5-16(13-24)19(23)12-18/h5-6,9-10,12,14-16,19H,3-4,7-8,11H2,1-2H3;5,8,10,12-15,18H,3-4,6-7,9H2,1-2H3;5,8,10,12-15,17H,3-4,6-7,9H2,1-2H3;5,8-10,12,14-15,17H,3-4,6-7,11H2,1-2H3. The summed E-state index contributed by atoms with van der Waals surface area (Å²) in [4.78, 5) is 71.4. The van der Waals surface area contributed by atoms with E-state index in [1.165, 1.54) is 0 Å². The second-order valence-electron chi connectivity index (χ2n) is 30.7. The molecule has 0 unspecified atom stereocenters. The molecule has 8 aromatic rings. The molecule has 4 fully saturated rings. The number of nitrogens with zero attached hydrogens (tertiary/aromatic N) is 11. The Balaban J connectivity index is 0.000000171. The molecule has 0 amide bonds. The lowest BCUT2D eigenvalue weighted by Gasteiger charge is -2.28. The van der Waals surface area contributed by atoms with Gasteiger partial charge in [-0.3, -0.25) is 29.1 Å². The minimum Gasteiger partial charge on any atom is -0.490 e. The van der Waals surface area contributed by atoms with Crippen LogP contribution in [0.2, 0.25) is 20.1 Å². The Hall–Kier alpha value is -9.73. The van der Waals surface area contributed by atoms with Crippen LogP contribution in [0.15, 0.2) is 128 Å². The summed E-state index contributed by atoms with van der Waals surface area (Å²) in [7, 11) is 0. The van der Waals surface area contributed by atoms with Crippen molar-refractivity contribution in [2.75, 3.05) is 0 Å². The third-order valence-corrected chi connectivity index (χ3v) is 22.2. The van der Waals surface area contributed by atoms with Gasteiger partial charge in [-0.15, -0.1) is 5.10 Å². The number of pyridine rings is 1. The van der Waals surface area contributed by atoms with Gasteiger partial charge in [0.2, 0.25) is 0 Å². The van der Waals surface area contributed by atoms with Crippen molar-refractivity contribution in [2.24, 2.45) is 23.7 Å². The van der Waals surface area contributed by atoms with E-state index in [9.17, 15) is 19.2 Å². The lowest BCUT2D eigenvalue weighted by atomic mass is 9.83. The first kappa shape index (κ1) is 86.3. The summed E-state index contributed by atoms with van der Waals surface area (Å²) in [6.45, 7) is 16.6. The number of nitriles is 4. The van der Waals surface area contributed by atoms with Gasteiger partial charge in [0.15, 0.2) is 29.0 Å². The maximum atomic E-state index is 12.5. The van der Waals surface area contributed by atoms with Gasteiger partial charge in [-0.05, 0) is 228 Å². The molecule has 584 valence electrons. The molecule has 4 aromatic carbocycles. The van der Waals surface area contributed by atoms with Crippen molar-refractivity contribution < 1.29 is 38.1 Å². The maximum absolute atomic E-state index is 12.5. The van der Waals surface area contributed by atoms with Crippen LogP contribution >= 0.6 is 46.4 Å². The fourth-order valence-corrected chi connectivity index (χ4v) is 14.8. The van der Waals surface area contributed by atoms with Crippen LogP contribution in [0, 0.1) is 69.0 Å². The van der Waals surface area contributed by atoms with Gasteiger partial charge in [0.05, 0.1) is 84.3 Å². The monoisotopic (exact) mass is 1590 g/mol. The van der Waals surface area contributed by atoms with E-state index in [1.807, 2.05) is 48.7 Å². The average Bonchev–Trinajstić information content (AvgIpc) is 0.864. The van der Waals surface area contributed by atoms with E-state index in [4.69, 9.17) is 86.4 Å². The van der Waals surface area contributed by atoms with Crippen molar-refractivity contribution >= 4 is 69.5 Å². The molecule has 4 aliphatic rings. The number of hydrogen-bond donors (Lipinski definition) is 0. The summed E-state index contributed by atoms with van der Waals surface area (Å²) in [6, 6.07) is 36.3. The van der Waals surface area contributed by atoms with Gasteiger partial charge < -0.3 is 18.9 Å². The average molecular weight is 1590 g/mol. The first-order chi connectivity index (χ1) is 53.8. The molecule has 23 heteroatoms. The number of rotatable bonds is 24. The Bertz CT molecular complexity index is 4050. The number of halogens is 4. The van der Waals surface area contributed by atoms with Gasteiger partial charge in [0.25, 0.3) is 0 Å². The van der Waals surface area contributed by atoms with Crippen molar-refractivity contribution in [3.63, 3.8) is 0 Å². The Morgan fingerprint density at radius 1 is 0.339 bits per heavy atom. The van der Waals surface area contributed by atoms with Gasteiger partial charge in [-0.1, -0.05) is 108 Å². The number of ether oxygens (including phenoxy) is 4. The Morgan fingerprint density at radius 3 is 0.946 bits per heavy atom. The molecule has 12 rings (SSSR count). The van der Waals surface area contributed by atoms with E-state index < -0.39 is 0 Å². The highest BCUT2D eigenvalue weighted by Crippen LogP contribution is 2.37. The molecular weight excluding hydrogens is 1490 g/mol. The Morgan fingerprint density at radius 2 is 0.661 bits per heavy atom. The van der Waals surface area contributed by atoms with E-state index in [0.29, 0.717) is 161 Å². The van der Waals surface area contributed by atoms with Gasteiger partial charge in [-0.25, -0.2) is 15.0 Å². The fraction of sp³-hybridized carbons (Fsp3) is 0.449. The van der Waals surface area contributed by atoms with Crippen LogP contribution in [-0.2, 0) is 0 Å². The van der Waals surface area contributed by atoms with Crippen LogP contribution in [-0.4, -0.2) is 82.7 Å². The molecule has 112 heavy (non-hydrogen) atoms. The SMILES string of the molecule is CC(C)c1ccc(C(=O)CC2CCC(Oc3ccc(C#N)c(Cl)c3)CC2)nc1.CC(C)c1ccc(C(=O)CC2CCC(Oc3ccc(C#N)c(Cl)c3)CC2)nn1.CC(C)c1cnc(C(=O)CC2CCC(Oc3ccc(C#N)c(Cl)c3)CC2)cn1.CC(C)c1cnc(C(=O)CC2CCC(Oc3ccc(C#N)c(Cl)c3)CC2)nc1. The molecule has 4 aliphatic carbocycles. The highest BCUT2D eigenvalue weighted by atomic mass is 35.5. The first-order valence-corrected chi connectivity index (χ1v) is 40.4. The zero-order chi connectivity index (χ0) is 80.4. The summed E-state index contributed by atoms with van der Waals surface area (Å²) < 4.78 is 24.0. The minimum atomic E-state index is 0.0125. The molecule has 4 aromatic heterocycles. The predicted octanol–water partition coefficient (Wildman–Crippen LogP) is 21.9. The summed E-state index contributed by atoms with van der Waals surface area (Å²) in [5.74, 6) is 6.11. The van der Waals surface area contributed by atoms with Gasteiger partial charge in [0.1, 0.15) is 64.4 Å². The van der Waals surface area contributed by atoms with Gasteiger partial charge in [0, 0.05) is 74.7 Å². The highest BCUT2D eigenvalue weighted by Gasteiger charge is 2.30. The third-order valence-electron chi connectivity index (χ3n) is 21.0. The molecule has 0 spiro atoms. The first-order valence-electron chi connectivity index (χ1n) is 38.9. The number of ketones is 4. The molecule has 0 bridgehead atoms. The molecule has 0 aliphatic heterocycles. The molecule has 0 atom stereocenters. The molecule has 0 N–H and O–H groups in total. The quantitative estimate of drug-likeness (QED) is 0.0508. The van der Waals surface area contributed by atoms with Crippen molar-refractivity contribution in [1.82, 2.24) is 35.1 Å². The summed E-state index contributed by atoms with van der Waals surface area (Å²) in [5, 5.41) is 45.6. The van der Waals surface area contributed by atoms with Crippen molar-refractivity contribution in [3.8, 4) is 47.3 Å². The predicted molar refractivity (Wildman–Crippen MR) is 433 cm³/mol. The molecule has 19 nitrogen and oxygen atoms in total. The van der Waals surface area contributed by atoms with Crippen LogP contribution < -0.4 is 18.9 Å². The van der Waals surface area contributed by atoms with Gasteiger partial charge in [-0.2, -0.15) is 26.1 Å².